The van der Waals surface area contributed by atoms with E-state index in [1.54, 1.807) is 19.1 Å². The topological polar surface area (TPSA) is 55.4 Å². The number of fused-ring (bicyclic) bond motifs is 1. The summed E-state index contributed by atoms with van der Waals surface area (Å²) in [5.74, 6) is -0.468. The predicted molar refractivity (Wildman–Crippen MR) is 112 cm³/mol. The largest absolute Gasteiger partial charge is 0.462 e. The van der Waals surface area contributed by atoms with Gasteiger partial charge in [-0.2, -0.15) is 0 Å². The van der Waals surface area contributed by atoms with Crippen molar-refractivity contribution in [2.45, 2.75) is 49.7 Å². The molecular weight excluding hydrogens is 402 g/mol. The van der Waals surface area contributed by atoms with Gasteiger partial charge in [0.05, 0.1) is 17.4 Å². The Morgan fingerprint density at radius 3 is 2.67 bits per heavy atom. The zero-order chi connectivity index (χ0) is 19.4. The first kappa shape index (κ1) is 20.2. The van der Waals surface area contributed by atoms with E-state index >= 15 is 0 Å². The van der Waals surface area contributed by atoms with Gasteiger partial charge >= 0.3 is 5.97 Å². The fraction of sp³-hybridized carbons (Fsp3) is 0.400. The van der Waals surface area contributed by atoms with E-state index in [0.29, 0.717) is 22.2 Å². The number of hydrogen-bond acceptors (Lipinski definition) is 5. The van der Waals surface area contributed by atoms with Gasteiger partial charge < -0.3 is 10.1 Å². The van der Waals surface area contributed by atoms with Gasteiger partial charge in [-0.25, -0.2) is 4.79 Å². The number of thioether (sulfide) groups is 1. The van der Waals surface area contributed by atoms with Crippen LogP contribution in [0.3, 0.4) is 0 Å². The average molecular weight is 424 g/mol. The lowest BCUT2D eigenvalue weighted by molar-refractivity contribution is -0.115. The molecule has 27 heavy (non-hydrogen) atoms. The maximum absolute atomic E-state index is 12.7. The molecule has 0 aliphatic heterocycles. The van der Waals surface area contributed by atoms with Crippen LogP contribution in [0.25, 0.3) is 0 Å². The van der Waals surface area contributed by atoms with Crippen LogP contribution in [0, 0.1) is 0 Å². The summed E-state index contributed by atoms with van der Waals surface area (Å²) in [5.41, 5.74) is 1.60. The number of amides is 1. The Bertz CT molecular complexity index is 832. The number of halogens is 1. The molecule has 2 aromatic rings. The molecule has 7 heteroatoms. The number of carbonyl (C=O) groups excluding carboxylic acids is 2. The van der Waals surface area contributed by atoms with E-state index < -0.39 is 0 Å². The van der Waals surface area contributed by atoms with E-state index in [-0.39, 0.29) is 17.1 Å². The van der Waals surface area contributed by atoms with Gasteiger partial charge in [0.2, 0.25) is 5.91 Å². The van der Waals surface area contributed by atoms with Crippen molar-refractivity contribution in [3.05, 3.63) is 45.3 Å². The molecule has 4 nitrogen and oxygen atoms in total. The Hall–Kier alpha value is -1.50. The minimum atomic E-state index is -0.342. The molecule has 1 aromatic heterocycles. The van der Waals surface area contributed by atoms with Crippen molar-refractivity contribution in [2.24, 2.45) is 0 Å². The van der Waals surface area contributed by atoms with Crippen LogP contribution in [0.1, 0.15) is 47.5 Å². The summed E-state index contributed by atoms with van der Waals surface area (Å²) in [6, 6.07) is 7.40. The van der Waals surface area contributed by atoms with Crippen LogP contribution in [-0.2, 0) is 22.4 Å². The van der Waals surface area contributed by atoms with Gasteiger partial charge in [0.15, 0.2) is 0 Å². The van der Waals surface area contributed by atoms with Gasteiger partial charge in [-0.3, -0.25) is 4.79 Å². The van der Waals surface area contributed by atoms with Crippen LogP contribution in [-0.4, -0.2) is 23.7 Å². The lowest BCUT2D eigenvalue weighted by atomic mass is 9.95. The summed E-state index contributed by atoms with van der Waals surface area (Å²) in [5, 5.41) is 3.95. The summed E-state index contributed by atoms with van der Waals surface area (Å²) < 4.78 is 5.24. The molecule has 1 aliphatic rings. The number of aryl methyl sites for hydroxylation is 1. The number of ether oxygens (including phenoxy) is 1. The summed E-state index contributed by atoms with van der Waals surface area (Å²) >= 11 is 8.88. The number of hydrogen-bond donors (Lipinski definition) is 1. The van der Waals surface area contributed by atoms with E-state index in [2.05, 4.69) is 5.32 Å². The number of esters is 1. The van der Waals surface area contributed by atoms with Crippen LogP contribution in [0.4, 0.5) is 5.00 Å². The summed E-state index contributed by atoms with van der Waals surface area (Å²) in [7, 11) is 0. The summed E-state index contributed by atoms with van der Waals surface area (Å²) in [6.45, 7) is 3.96. The van der Waals surface area contributed by atoms with Crippen molar-refractivity contribution in [1.82, 2.24) is 0 Å². The van der Waals surface area contributed by atoms with Crippen LogP contribution in [0.5, 0.6) is 0 Å². The standard InChI is InChI=1S/C20H22ClNO3S2/c1-3-25-20(24)17-15-6-4-5-7-16(15)27-19(17)22-18(23)12(2)26-14-10-8-13(21)9-11-14/h8-12H,3-7H2,1-2H3,(H,22,23)/t12-/m1/s1. The number of benzene rings is 1. The first-order valence-corrected chi connectivity index (χ1v) is 11.1. The minimum Gasteiger partial charge on any atom is -0.462 e. The quantitative estimate of drug-likeness (QED) is 0.487. The van der Waals surface area contributed by atoms with Crippen LogP contribution in [0.15, 0.2) is 29.2 Å². The molecule has 0 bridgehead atoms. The van der Waals surface area contributed by atoms with Gasteiger partial charge in [-0.15, -0.1) is 23.1 Å². The van der Waals surface area contributed by atoms with Gasteiger partial charge in [-0.05, 0) is 69.4 Å². The second kappa shape index (κ2) is 9.13. The molecule has 0 unspecified atom stereocenters. The molecule has 144 valence electrons. The Kier molecular flexibility index (Phi) is 6.84. The second-order valence-corrected chi connectivity index (χ2v) is 9.29. The molecule has 1 heterocycles. The normalized spacial score (nSPS) is 14.3. The lowest BCUT2D eigenvalue weighted by Crippen LogP contribution is -2.23. The first-order chi connectivity index (χ1) is 13.0. The summed E-state index contributed by atoms with van der Waals surface area (Å²) in [4.78, 5) is 27.4. The zero-order valence-corrected chi connectivity index (χ0v) is 17.7. The minimum absolute atomic E-state index is 0.126. The molecule has 1 amide bonds. The monoisotopic (exact) mass is 423 g/mol. The molecule has 0 radical (unpaired) electrons. The predicted octanol–water partition coefficient (Wildman–Crippen LogP) is 5.58. The van der Waals surface area contributed by atoms with Crippen molar-refractivity contribution in [2.75, 3.05) is 11.9 Å². The van der Waals surface area contributed by atoms with Crippen LogP contribution < -0.4 is 5.32 Å². The molecule has 0 fully saturated rings. The van der Waals surface area contributed by atoms with E-state index in [9.17, 15) is 9.59 Å². The molecule has 0 spiro atoms. The third-order valence-corrected chi connectivity index (χ3v) is 6.95. The van der Waals surface area contributed by atoms with Crippen LogP contribution in [0.2, 0.25) is 5.02 Å². The summed E-state index contributed by atoms with van der Waals surface area (Å²) in [6.07, 6.45) is 4.00. The maximum atomic E-state index is 12.7. The van der Waals surface area contributed by atoms with E-state index in [1.807, 2.05) is 19.1 Å². The van der Waals surface area contributed by atoms with Crippen molar-refractivity contribution >= 4 is 51.6 Å². The Morgan fingerprint density at radius 2 is 1.96 bits per heavy atom. The molecule has 1 aromatic carbocycles. The zero-order valence-electron chi connectivity index (χ0n) is 15.3. The second-order valence-electron chi connectivity index (χ2n) is 6.34. The lowest BCUT2D eigenvalue weighted by Gasteiger charge is -2.13. The molecule has 3 rings (SSSR count). The third-order valence-electron chi connectivity index (χ3n) is 4.38. The number of nitrogens with one attached hydrogen (secondary N) is 1. The highest BCUT2D eigenvalue weighted by Crippen LogP contribution is 2.39. The first-order valence-electron chi connectivity index (χ1n) is 9.04. The number of rotatable bonds is 6. The highest BCUT2D eigenvalue weighted by molar-refractivity contribution is 8.00. The van der Waals surface area contributed by atoms with Gasteiger partial charge in [0, 0.05) is 14.8 Å². The number of thiophene rings is 1. The highest BCUT2D eigenvalue weighted by atomic mass is 35.5. The van der Waals surface area contributed by atoms with Crippen molar-refractivity contribution < 1.29 is 14.3 Å². The number of anilines is 1. The van der Waals surface area contributed by atoms with E-state index in [1.165, 1.54) is 28.0 Å². The molecule has 0 saturated carbocycles. The Morgan fingerprint density at radius 1 is 1.26 bits per heavy atom. The average Bonchev–Trinajstić information content (AvgIpc) is 3.01. The molecule has 1 atom stereocenters. The molecular formula is C20H22ClNO3S2. The molecule has 1 aliphatic carbocycles. The Labute approximate surface area is 172 Å². The Balaban J connectivity index is 1.77. The van der Waals surface area contributed by atoms with Gasteiger partial charge in [0.1, 0.15) is 5.00 Å². The fourth-order valence-electron chi connectivity index (χ4n) is 3.06. The maximum Gasteiger partial charge on any atom is 0.341 e. The van der Waals surface area contributed by atoms with E-state index in [4.69, 9.17) is 16.3 Å². The van der Waals surface area contributed by atoms with Gasteiger partial charge in [0.25, 0.3) is 0 Å². The highest BCUT2D eigenvalue weighted by Gasteiger charge is 2.28. The molecule has 1 N–H and O–H groups in total. The SMILES string of the molecule is CCOC(=O)c1c(NC(=O)[C@@H](C)Sc2ccc(Cl)cc2)sc2c1CCCC2. The fourth-order valence-corrected chi connectivity index (χ4v) is 5.33. The van der Waals surface area contributed by atoms with Crippen molar-refractivity contribution in [1.29, 1.82) is 0 Å². The van der Waals surface area contributed by atoms with Crippen molar-refractivity contribution in [3.8, 4) is 0 Å². The van der Waals surface area contributed by atoms with Gasteiger partial charge in [-0.1, -0.05) is 11.6 Å². The third kappa shape index (κ3) is 4.86. The molecule has 0 saturated heterocycles. The number of carbonyl (C=O) groups is 2. The van der Waals surface area contributed by atoms with E-state index in [0.717, 1.165) is 36.1 Å². The smallest absolute Gasteiger partial charge is 0.341 e. The van der Waals surface area contributed by atoms with Crippen LogP contribution >= 0.6 is 34.7 Å². The van der Waals surface area contributed by atoms with Crippen molar-refractivity contribution in [3.63, 3.8) is 0 Å².